The van der Waals surface area contributed by atoms with Crippen LogP contribution >= 0.6 is 0 Å². The van der Waals surface area contributed by atoms with Crippen molar-refractivity contribution in [2.24, 2.45) is 23.7 Å². The quantitative estimate of drug-likeness (QED) is 0.104. The molecule has 0 spiro atoms. The van der Waals surface area contributed by atoms with Crippen LogP contribution in [0.3, 0.4) is 0 Å². The summed E-state index contributed by atoms with van der Waals surface area (Å²) in [5, 5.41) is 5.71. The van der Waals surface area contributed by atoms with E-state index in [1.54, 1.807) is 0 Å². The number of H-pyrrole nitrogens is 2. The van der Waals surface area contributed by atoms with Gasteiger partial charge in [0.05, 0.1) is 59.4 Å². The summed E-state index contributed by atoms with van der Waals surface area (Å²) in [6, 6.07) is 14.0. The smallest absolute Gasteiger partial charge is 0.407 e. The molecule has 0 bridgehead atoms. The number of likely N-dealkylation sites (tertiary alicyclic amines) is 2. The van der Waals surface area contributed by atoms with Crippen molar-refractivity contribution in [3.8, 4) is 22.3 Å². The molecule has 4 fully saturated rings. The number of pyridine rings is 2. The maximum atomic E-state index is 14.5. The van der Waals surface area contributed by atoms with Crippen LogP contribution in [0.1, 0.15) is 90.0 Å². The molecule has 10 rings (SSSR count). The number of aromatic amines is 2. The van der Waals surface area contributed by atoms with Crippen molar-refractivity contribution >= 4 is 57.1 Å². The number of methoxy groups -OCH3 is 2. The number of hydrogen-bond acceptors (Lipinski definition) is 12. The number of carbonyl (C=O) groups is 4. The Morgan fingerprint density at radius 2 is 0.986 bits per heavy atom. The van der Waals surface area contributed by atoms with Crippen molar-refractivity contribution < 1.29 is 38.1 Å². The summed E-state index contributed by atoms with van der Waals surface area (Å²) in [7, 11) is 2.62. The van der Waals surface area contributed by atoms with E-state index >= 15 is 0 Å². The van der Waals surface area contributed by atoms with Gasteiger partial charge in [-0.05, 0) is 124 Å². The molecule has 0 unspecified atom stereocenters. The molecule has 8 heterocycles. The van der Waals surface area contributed by atoms with E-state index in [0.29, 0.717) is 63.8 Å². The van der Waals surface area contributed by atoms with Crippen LogP contribution < -0.4 is 10.6 Å². The molecule has 4 aliphatic rings. The zero-order chi connectivity index (χ0) is 48.8. The molecule has 4 amide bonds. The molecule has 18 nitrogen and oxygen atoms in total. The number of nitrogens with one attached hydrogen (secondary N) is 4. The summed E-state index contributed by atoms with van der Waals surface area (Å²) in [5.74, 6) is 1.45. The number of alkyl carbamates (subject to hydrolysis) is 2. The van der Waals surface area contributed by atoms with E-state index in [4.69, 9.17) is 38.9 Å². The molecule has 4 aliphatic heterocycles. The molecule has 368 valence electrons. The number of amides is 4. The van der Waals surface area contributed by atoms with Gasteiger partial charge >= 0.3 is 12.2 Å². The van der Waals surface area contributed by atoms with Crippen LogP contribution in [0.4, 0.5) is 9.59 Å². The molecule has 8 atom stereocenters. The minimum atomic E-state index is -0.733. The number of fused-ring (bicyclic) bond motifs is 3. The standard InChI is InChI=1S/C52H62N10O8/c1-27-19-43(61(29(27)3)49(63)45(59-51(65)67-5)31-11-15-69-16-12-31)47-55-37-9-7-33(21-41(37)57-47)35-23-39-40(53-25-35)24-36(26-54-39)34-8-10-38-42(22-34)58-48(56-38)44-20-28(2)30(4)62(44)50(64)46(60-52(66)68-6)32-13-17-70-18-14-32/h7-10,21-32,43-46H,11-20H2,1-6H3,(H,55,57)(H,56,58)(H,59,65)(H,60,66)/t27-,28-,29-,30-,43+,44+,45+,46+/m1/s1. The van der Waals surface area contributed by atoms with Gasteiger partial charge in [0, 0.05) is 62.0 Å². The highest BCUT2D eigenvalue weighted by Gasteiger charge is 2.47. The van der Waals surface area contributed by atoms with Gasteiger partial charge in [-0.2, -0.15) is 0 Å². The average molecular weight is 955 g/mol. The summed E-state index contributed by atoms with van der Waals surface area (Å²) >= 11 is 0. The van der Waals surface area contributed by atoms with Crippen LogP contribution in [0, 0.1) is 23.7 Å². The van der Waals surface area contributed by atoms with E-state index in [1.165, 1.54) is 14.2 Å². The Morgan fingerprint density at radius 3 is 1.37 bits per heavy atom. The maximum Gasteiger partial charge on any atom is 0.407 e. The van der Waals surface area contributed by atoms with E-state index in [-0.39, 0.29) is 59.7 Å². The fourth-order valence-corrected chi connectivity index (χ4v) is 11.2. The second-order valence-corrected chi connectivity index (χ2v) is 19.8. The van der Waals surface area contributed by atoms with Crippen molar-refractivity contribution in [3.63, 3.8) is 0 Å². The normalized spacial score (nSPS) is 24.3. The molecular formula is C52H62N10O8. The lowest BCUT2D eigenvalue weighted by Gasteiger charge is -2.36. The molecule has 70 heavy (non-hydrogen) atoms. The van der Waals surface area contributed by atoms with Gasteiger partial charge in [0.15, 0.2) is 0 Å². The number of carbonyl (C=O) groups excluding carboxylic acids is 4. The van der Waals surface area contributed by atoms with Gasteiger partial charge in [-0.1, -0.05) is 26.0 Å². The Bertz CT molecular complexity index is 2730. The number of nitrogens with zero attached hydrogens (tertiary/aromatic N) is 6. The Labute approximate surface area is 406 Å². The molecule has 0 aliphatic carbocycles. The van der Waals surface area contributed by atoms with Gasteiger partial charge in [-0.25, -0.2) is 19.6 Å². The molecular weight excluding hydrogens is 893 g/mol. The number of rotatable bonds is 10. The first kappa shape index (κ1) is 47.0. The summed E-state index contributed by atoms with van der Waals surface area (Å²) in [5.41, 5.74) is 8.42. The highest BCUT2D eigenvalue weighted by molar-refractivity contribution is 5.90. The third kappa shape index (κ3) is 9.02. The van der Waals surface area contributed by atoms with Crippen LogP contribution in [0.25, 0.3) is 55.4 Å². The van der Waals surface area contributed by atoms with Gasteiger partial charge in [-0.3, -0.25) is 19.6 Å². The monoisotopic (exact) mass is 954 g/mol. The predicted molar refractivity (Wildman–Crippen MR) is 261 cm³/mol. The summed E-state index contributed by atoms with van der Waals surface area (Å²) < 4.78 is 21.0. The lowest BCUT2D eigenvalue weighted by atomic mass is 9.90. The van der Waals surface area contributed by atoms with Crippen molar-refractivity contribution in [1.29, 1.82) is 0 Å². The molecule has 6 aromatic rings. The summed E-state index contributed by atoms with van der Waals surface area (Å²) in [6.45, 7) is 10.6. The zero-order valence-corrected chi connectivity index (χ0v) is 40.6. The second-order valence-electron chi connectivity index (χ2n) is 19.8. The Morgan fingerprint density at radius 1 is 0.586 bits per heavy atom. The molecule has 4 saturated heterocycles. The van der Waals surface area contributed by atoms with Crippen LogP contribution in [-0.4, -0.2) is 129 Å². The molecule has 0 saturated carbocycles. The van der Waals surface area contributed by atoms with Crippen LogP contribution in [0.2, 0.25) is 0 Å². The number of ether oxygens (including phenoxy) is 4. The molecule has 4 aromatic heterocycles. The number of benzene rings is 2. The fraction of sp³-hybridized carbons (Fsp3) is 0.500. The first-order valence-electron chi connectivity index (χ1n) is 24.6. The first-order chi connectivity index (χ1) is 33.9. The van der Waals surface area contributed by atoms with Crippen LogP contribution in [-0.2, 0) is 28.5 Å². The molecule has 0 radical (unpaired) electrons. The van der Waals surface area contributed by atoms with Gasteiger partial charge in [0.2, 0.25) is 11.8 Å². The van der Waals surface area contributed by atoms with E-state index in [9.17, 15) is 19.2 Å². The van der Waals surface area contributed by atoms with E-state index in [0.717, 1.165) is 68.2 Å². The van der Waals surface area contributed by atoms with Gasteiger partial charge < -0.3 is 49.3 Å². The minimum absolute atomic E-state index is 0.0657. The average Bonchev–Trinajstić information content (AvgIpc) is 4.16. The van der Waals surface area contributed by atoms with E-state index < -0.39 is 24.3 Å². The number of hydrogen-bond donors (Lipinski definition) is 4. The highest BCUT2D eigenvalue weighted by Crippen LogP contribution is 2.43. The van der Waals surface area contributed by atoms with Crippen molar-refractivity contribution in [1.82, 2.24) is 50.3 Å². The summed E-state index contributed by atoms with van der Waals surface area (Å²) in [4.78, 5) is 84.6. The Kier molecular flexibility index (Phi) is 13.2. The lowest BCUT2D eigenvalue weighted by Crippen LogP contribution is -2.54. The van der Waals surface area contributed by atoms with E-state index in [2.05, 4.69) is 60.4 Å². The predicted octanol–water partition coefficient (Wildman–Crippen LogP) is 7.61. The van der Waals surface area contributed by atoms with Gasteiger partial charge in [-0.15, -0.1) is 0 Å². The highest BCUT2D eigenvalue weighted by atomic mass is 16.5. The van der Waals surface area contributed by atoms with Crippen molar-refractivity contribution in [2.75, 3.05) is 40.6 Å². The Hall–Kier alpha value is -6.66. The third-order valence-electron chi connectivity index (χ3n) is 15.7. The lowest BCUT2D eigenvalue weighted by molar-refractivity contribution is -0.139. The minimum Gasteiger partial charge on any atom is -0.453 e. The second kappa shape index (κ2) is 19.6. The number of aromatic nitrogens is 6. The first-order valence-corrected chi connectivity index (χ1v) is 24.6. The largest absolute Gasteiger partial charge is 0.453 e. The van der Waals surface area contributed by atoms with Crippen LogP contribution in [0.15, 0.2) is 60.9 Å². The van der Waals surface area contributed by atoms with Gasteiger partial charge in [0.25, 0.3) is 0 Å². The number of imidazole rings is 2. The van der Waals surface area contributed by atoms with Crippen LogP contribution in [0.5, 0.6) is 0 Å². The Balaban J connectivity index is 0.873. The summed E-state index contributed by atoms with van der Waals surface area (Å²) in [6.07, 6.45) is 6.60. The van der Waals surface area contributed by atoms with Crippen molar-refractivity contribution in [2.45, 2.75) is 102 Å². The fourth-order valence-electron chi connectivity index (χ4n) is 11.2. The molecule has 18 heteroatoms. The topological polar surface area (TPSA) is 219 Å². The third-order valence-corrected chi connectivity index (χ3v) is 15.7. The zero-order valence-electron chi connectivity index (χ0n) is 40.6. The maximum absolute atomic E-state index is 14.5. The van der Waals surface area contributed by atoms with E-state index in [1.807, 2.05) is 58.6 Å². The molecule has 4 N–H and O–H groups in total. The van der Waals surface area contributed by atoms with Gasteiger partial charge in [0.1, 0.15) is 23.7 Å². The van der Waals surface area contributed by atoms with Crippen molar-refractivity contribution in [3.05, 3.63) is 72.6 Å². The molecule has 2 aromatic carbocycles. The SMILES string of the molecule is COC(=O)N[C@H](C(=O)N1[C@H](C)[C@H](C)C[C@H]1c1nc2ccc(-c3cnc4cc(-c5ccc6nc([C@@H]7C[C@@H](C)[C@@H](C)N7C(=O)[C@@H](NC(=O)OC)C7CCOCC7)[nH]c6c5)cnc4c3)cc2[nH]1)C1CCOCC1.